The van der Waals surface area contributed by atoms with Gasteiger partial charge in [0.05, 0.1) is 13.2 Å². The van der Waals surface area contributed by atoms with Crippen molar-refractivity contribution in [1.82, 2.24) is 0 Å². The highest BCUT2D eigenvalue weighted by Crippen LogP contribution is 2.30. The fourth-order valence-electron chi connectivity index (χ4n) is 1.56. The quantitative estimate of drug-likeness (QED) is 0.719. The molecule has 0 N–H and O–H groups in total. The molecule has 0 bridgehead atoms. The molecule has 0 saturated carbocycles. The average Bonchev–Trinajstić information content (AvgIpc) is 2.31. The van der Waals surface area contributed by atoms with E-state index >= 15 is 0 Å². The molecule has 3 heteroatoms. The molecule has 0 unspecified atom stereocenters. The van der Waals surface area contributed by atoms with Crippen LogP contribution in [-0.2, 0) is 20.2 Å². The highest BCUT2D eigenvalue weighted by atomic mass is 16.9. The minimum absolute atomic E-state index is 0.669. The van der Waals surface area contributed by atoms with Gasteiger partial charge in [0.15, 0.2) is 0 Å². The van der Waals surface area contributed by atoms with Gasteiger partial charge in [-0.3, -0.25) is 0 Å². The fourth-order valence-corrected chi connectivity index (χ4v) is 1.56. The Kier molecular flexibility index (Phi) is 2.82. The van der Waals surface area contributed by atoms with E-state index in [2.05, 4.69) is 0 Å². The van der Waals surface area contributed by atoms with Crippen LogP contribution in [0.15, 0.2) is 30.3 Å². The number of methoxy groups -OCH3 is 1. The first-order valence-corrected chi connectivity index (χ1v) is 4.76. The summed E-state index contributed by atoms with van der Waals surface area (Å²) in [4.78, 5) is 0. The molecule has 1 aliphatic heterocycles. The molecular formula is C11H14O3. The minimum Gasteiger partial charge on any atom is -0.327 e. The van der Waals surface area contributed by atoms with E-state index < -0.39 is 5.97 Å². The molecule has 0 amide bonds. The molecule has 1 heterocycles. The average molecular weight is 194 g/mol. The van der Waals surface area contributed by atoms with Crippen molar-refractivity contribution in [1.29, 1.82) is 0 Å². The standard InChI is InChI=1S/C11H14O3/c1-12-11(13-8-5-9-14-11)10-6-3-2-4-7-10/h2-4,6-7H,5,8-9H2,1H3. The van der Waals surface area contributed by atoms with Gasteiger partial charge >= 0.3 is 5.97 Å². The summed E-state index contributed by atoms with van der Waals surface area (Å²) in [5, 5.41) is 0. The first kappa shape index (κ1) is 9.65. The number of hydrogen-bond donors (Lipinski definition) is 0. The highest BCUT2D eigenvalue weighted by Gasteiger charge is 2.36. The molecule has 0 spiro atoms. The molecule has 0 aliphatic carbocycles. The van der Waals surface area contributed by atoms with Gasteiger partial charge in [-0.1, -0.05) is 30.3 Å². The number of benzene rings is 1. The molecule has 76 valence electrons. The lowest BCUT2D eigenvalue weighted by atomic mass is 10.2. The van der Waals surface area contributed by atoms with E-state index in [9.17, 15) is 0 Å². The molecule has 0 aromatic heterocycles. The normalized spacial score (nSPS) is 20.6. The van der Waals surface area contributed by atoms with Gasteiger partial charge in [-0.2, -0.15) is 0 Å². The van der Waals surface area contributed by atoms with Crippen LogP contribution < -0.4 is 0 Å². The summed E-state index contributed by atoms with van der Waals surface area (Å²) in [7, 11) is 1.60. The Balaban J connectivity index is 2.27. The van der Waals surface area contributed by atoms with Crippen LogP contribution in [0.25, 0.3) is 0 Å². The van der Waals surface area contributed by atoms with E-state index in [1.165, 1.54) is 0 Å². The molecule has 14 heavy (non-hydrogen) atoms. The van der Waals surface area contributed by atoms with E-state index in [0.29, 0.717) is 13.2 Å². The van der Waals surface area contributed by atoms with Gasteiger partial charge in [0.2, 0.25) is 0 Å². The van der Waals surface area contributed by atoms with Crippen molar-refractivity contribution in [2.24, 2.45) is 0 Å². The maximum atomic E-state index is 5.56. The molecule has 1 fully saturated rings. The van der Waals surface area contributed by atoms with Gasteiger partial charge in [-0.15, -0.1) is 0 Å². The largest absolute Gasteiger partial charge is 0.327 e. The maximum Gasteiger partial charge on any atom is 0.311 e. The number of rotatable bonds is 2. The Labute approximate surface area is 83.6 Å². The number of hydrogen-bond acceptors (Lipinski definition) is 3. The second kappa shape index (κ2) is 4.09. The van der Waals surface area contributed by atoms with Gasteiger partial charge in [0.1, 0.15) is 0 Å². The third-order valence-corrected chi connectivity index (χ3v) is 2.27. The van der Waals surface area contributed by atoms with Crippen molar-refractivity contribution in [3.8, 4) is 0 Å². The lowest BCUT2D eigenvalue weighted by Crippen LogP contribution is -2.39. The van der Waals surface area contributed by atoms with Crippen molar-refractivity contribution in [2.75, 3.05) is 20.3 Å². The Morgan fingerprint density at radius 3 is 2.36 bits per heavy atom. The second-order valence-corrected chi connectivity index (χ2v) is 3.18. The van der Waals surface area contributed by atoms with Crippen LogP contribution in [0.5, 0.6) is 0 Å². The zero-order valence-corrected chi connectivity index (χ0v) is 8.23. The van der Waals surface area contributed by atoms with Crippen LogP contribution in [0.3, 0.4) is 0 Å². The third-order valence-electron chi connectivity index (χ3n) is 2.27. The molecule has 0 atom stereocenters. The fraction of sp³-hybridized carbons (Fsp3) is 0.455. The van der Waals surface area contributed by atoms with E-state index in [1.54, 1.807) is 7.11 Å². The highest BCUT2D eigenvalue weighted by molar-refractivity contribution is 5.18. The predicted octanol–water partition coefficient (Wildman–Crippen LogP) is 1.88. The van der Waals surface area contributed by atoms with Crippen LogP contribution >= 0.6 is 0 Å². The summed E-state index contributed by atoms with van der Waals surface area (Å²) >= 11 is 0. The SMILES string of the molecule is COC1(c2ccccc2)OCCCO1. The summed E-state index contributed by atoms with van der Waals surface area (Å²) in [5.74, 6) is -0.987. The molecule has 2 rings (SSSR count). The molecule has 1 saturated heterocycles. The van der Waals surface area contributed by atoms with E-state index in [1.807, 2.05) is 30.3 Å². The van der Waals surface area contributed by atoms with Crippen LogP contribution in [-0.4, -0.2) is 20.3 Å². The van der Waals surface area contributed by atoms with E-state index in [-0.39, 0.29) is 0 Å². The Morgan fingerprint density at radius 2 is 1.79 bits per heavy atom. The second-order valence-electron chi connectivity index (χ2n) is 3.18. The van der Waals surface area contributed by atoms with Gasteiger partial charge < -0.3 is 14.2 Å². The molecule has 1 aliphatic rings. The summed E-state index contributed by atoms with van der Waals surface area (Å²) in [6.45, 7) is 1.34. The van der Waals surface area contributed by atoms with E-state index in [4.69, 9.17) is 14.2 Å². The molecule has 1 aromatic rings. The van der Waals surface area contributed by atoms with Crippen molar-refractivity contribution in [3.63, 3.8) is 0 Å². The smallest absolute Gasteiger partial charge is 0.311 e. The molecular weight excluding hydrogens is 180 g/mol. The van der Waals surface area contributed by atoms with Crippen LogP contribution in [0.1, 0.15) is 12.0 Å². The lowest BCUT2D eigenvalue weighted by molar-refractivity contribution is -0.403. The van der Waals surface area contributed by atoms with Crippen LogP contribution in [0.2, 0.25) is 0 Å². The molecule has 3 nitrogen and oxygen atoms in total. The van der Waals surface area contributed by atoms with Gasteiger partial charge in [-0.25, -0.2) is 0 Å². The van der Waals surface area contributed by atoms with Crippen molar-refractivity contribution in [2.45, 2.75) is 12.4 Å². The minimum atomic E-state index is -0.987. The van der Waals surface area contributed by atoms with Crippen molar-refractivity contribution in [3.05, 3.63) is 35.9 Å². The van der Waals surface area contributed by atoms with E-state index in [0.717, 1.165) is 12.0 Å². The predicted molar refractivity (Wildman–Crippen MR) is 51.7 cm³/mol. The van der Waals surface area contributed by atoms with Gasteiger partial charge in [-0.05, 0) is 6.42 Å². The Bertz CT molecular complexity index is 278. The van der Waals surface area contributed by atoms with Crippen LogP contribution in [0, 0.1) is 0 Å². The number of ether oxygens (including phenoxy) is 3. The third kappa shape index (κ3) is 1.66. The van der Waals surface area contributed by atoms with Gasteiger partial charge in [0.25, 0.3) is 0 Å². The van der Waals surface area contributed by atoms with Crippen LogP contribution in [0.4, 0.5) is 0 Å². The summed E-state index contributed by atoms with van der Waals surface area (Å²) in [6.07, 6.45) is 0.915. The topological polar surface area (TPSA) is 27.7 Å². The van der Waals surface area contributed by atoms with Crippen molar-refractivity contribution < 1.29 is 14.2 Å². The maximum absolute atomic E-state index is 5.56. The first-order chi connectivity index (χ1) is 6.87. The molecule has 1 aromatic carbocycles. The zero-order valence-electron chi connectivity index (χ0n) is 8.23. The summed E-state index contributed by atoms with van der Waals surface area (Å²) < 4.78 is 16.4. The van der Waals surface area contributed by atoms with Crippen molar-refractivity contribution >= 4 is 0 Å². The first-order valence-electron chi connectivity index (χ1n) is 4.76. The Hall–Kier alpha value is -0.900. The lowest BCUT2D eigenvalue weighted by Gasteiger charge is -2.35. The Morgan fingerprint density at radius 1 is 1.14 bits per heavy atom. The molecule has 0 radical (unpaired) electrons. The summed E-state index contributed by atoms with van der Waals surface area (Å²) in [5.41, 5.74) is 0.905. The monoisotopic (exact) mass is 194 g/mol. The zero-order chi connectivity index (χ0) is 9.86. The van der Waals surface area contributed by atoms with Gasteiger partial charge in [0, 0.05) is 12.7 Å². The summed E-state index contributed by atoms with van der Waals surface area (Å²) in [6, 6.07) is 9.72.